The molecule has 3 atom stereocenters. The van der Waals surface area contributed by atoms with Crippen molar-refractivity contribution in [3.63, 3.8) is 0 Å². The maximum absolute atomic E-state index is 12.4. The molecule has 2 rings (SSSR count). The van der Waals surface area contributed by atoms with E-state index in [9.17, 15) is 9.59 Å². The number of Topliss-reactive ketones (excluding diaryl/α,β-unsaturated/α-hetero) is 1. The number of anilines is 1. The normalized spacial score (nSPS) is 23.8. The summed E-state index contributed by atoms with van der Waals surface area (Å²) in [4.78, 5) is 25.9. The number of hydrogen-bond acceptors (Lipinski definition) is 3. The minimum Gasteiger partial charge on any atom is -0.325 e. The van der Waals surface area contributed by atoms with Gasteiger partial charge in [-0.25, -0.2) is 0 Å². The van der Waals surface area contributed by atoms with Crippen LogP contribution in [0.2, 0.25) is 0 Å². The maximum Gasteiger partial charge on any atom is 0.241 e. The summed E-state index contributed by atoms with van der Waals surface area (Å²) < 4.78 is 0. The number of carbonyl (C=O) groups excluding carboxylic acids is 2. The van der Waals surface area contributed by atoms with Crippen molar-refractivity contribution in [2.75, 3.05) is 18.4 Å². The number of amides is 1. The van der Waals surface area contributed by atoms with Crippen molar-refractivity contribution in [1.82, 2.24) is 4.90 Å². The van der Waals surface area contributed by atoms with Crippen LogP contribution < -0.4 is 5.32 Å². The van der Waals surface area contributed by atoms with Gasteiger partial charge in [0.2, 0.25) is 5.91 Å². The first-order valence-corrected chi connectivity index (χ1v) is 8.02. The van der Waals surface area contributed by atoms with Gasteiger partial charge in [0, 0.05) is 24.3 Å². The second-order valence-corrected chi connectivity index (χ2v) is 6.70. The van der Waals surface area contributed by atoms with E-state index in [2.05, 4.69) is 24.1 Å². The van der Waals surface area contributed by atoms with Crippen LogP contribution in [0.5, 0.6) is 0 Å². The highest BCUT2D eigenvalue weighted by Crippen LogP contribution is 2.23. The zero-order valence-corrected chi connectivity index (χ0v) is 13.9. The number of nitrogens with one attached hydrogen (secondary N) is 1. The minimum absolute atomic E-state index is 0.0110. The summed E-state index contributed by atoms with van der Waals surface area (Å²) >= 11 is 0. The Morgan fingerprint density at radius 2 is 1.68 bits per heavy atom. The Bertz CT molecular complexity index is 529. The molecule has 3 unspecified atom stereocenters. The van der Waals surface area contributed by atoms with Gasteiger partial charge in [-0.05, 0) is 56.4 Å². The van der Waals surface area contributed by atoms with Crippen molar-refractivity contribution in [2.45, 2.75) is 40.2 Å². The molecule has 1 saturated heterocycles. The van der Waals surface area contributed by atoms with Crippen molar-refractivity contribution in [3.05, 3.63) is 29.8 Å². The molecule has 0 aromatic heterocycles. The van der Waals surface area contributed by atoms with Crippen molar-refractivity contribution in [3.8, 4) is 0 Å². The molecule has 4 heteroatoms. The predicted molar refractivity (Wildman–Crippen MR) is 89.1 cm³/mol. The van der Waals surface area contributed by atoms with Crippen LogP contribution in [0.3, 0.4) is 0 Å². The molecule has 120 valence electrons. The van der Waals surface area contributed by atoms with Gasteiger partial charge in [0.15, 0.2) is 5.78 Å². The molecule has 1 N–H and O–H groups in total. The van der Waals surface area contributed by atoms with E-state index in [0.29, 0.717) is 17.4 Å². The van der Waals surface area contributed by atoms with Crippen LogP contribution in [-0.4, -0.2) is 35.7 Å². The number of benzene rings is 1. The van der Waals surface area contributed by atoms with E-state index in [1.165, 1.54) is 13.3 Å². The molecular formula is C18H26N2O2. The fraction of sp³-hybridized carbons (Fsp3) is 0.556. The van der Waals surface area contributed by atoms with Crippen LogP contribution in [-0.2, 0) is 4.79 Å². The molecule has 1 aromatic rings. The topological polar surface area (TPSA) is 49.4 Å². The summed E-state index contributed by atoms with van der Waals surface area (Å²) in [5.74, 6) is 1.31. The molecule has 1 amide bonds. The average Bonchev–Trinajstić information content (AvgIpc) is 2.46. The van der Waals surface area contributed by atoms with Crippen LogP contribution in [0.25, 0.3) is 0 Å². The number of nitrogens with zero attached hydrogens (tertiary/aromatic N) is 1. The molecule has 0 saturated carbocycles. The van der Waals surface area contributed by atoms with Crippen LogP contribution in [0.1, 0.15) is 44.5 Å². The molecule has 0 radical (unpaired) electrons. The zero-order valence-electron chi connectivity index (χ0n) is 13.9. The first-order valence-electron chi connectivity index (χ1n) is 8.02. The second-order valence-electron chi connectivity index (χ2n) is 6.70. The first kappa shape index (κ1) is 16.7. The SMILES string of the molecule is CC(=O)c1ccc(NC(=O)C(C)N2CC(C)CC(C)C2)cc1. The molecule has 0 spiro atoms. The molecular weight excluding hydrogens is 276 g/mol. The van der Waals surface area contributed by atoms with E-state index >= 15 is 0 Å². The molecule has 1 aliphatic heterocycles. The van der Waals surface area contributed by atoms with Crippen LogP contribution >= 0.6 is 0 Å². The number of rotatable bonds is 4. The van der Waals surface area contributed by atoms with Gasteiger partial charge in [-0.1, -0.05) is 13.8 Å². The molecule has 1 aromatic carbocycles. The highest BCUT2D eigenvalue weighted by atomic mass is 16.2. The lowest BCUT2D eigenvalue weighted by Crippen LogP contribution is -2.48. The Kier molecular flexibility index (Phi) is 5.35. The van der Waals surface area contributed by atoms with Gasteiger partial charge >= 0.3 is 0 Å². The lowest BCUT2D eigenvalue weighted by molar-refractivity contribution is -0.121. The standard InChI is InChI=1S/C18H26N2O2/c1-12-9-13(2)11-20(10-12)14(3)18(22)19-17-7-5-16(6-8-17)15(4)21/h5-8,12-14H,9-11H2,1-4H3,(H,19,22). The van der Waals surface area contributed by atoms with Crippen LogP contribution in [0, 0.1) is 11.8 Å². The van der Waals surface area contributed by atoms with Crippen LogP contribution in [0.15, 0.2) is 24.3 Å². The van der Waals surface area contributed by atoms with E-state index < -0.39 is 0 Å². The molecule has 0 aliphatic carbocycles. The fourth-order valence-corrected chi connectivity index (χ4v) is 3.23. The fourth-order valence-electron chi connectivity index (χ4n) is 3.23. The van der Waals surface area contributed by atoms with Gasteiger partial charge in [-0.3, -0.25) is 14.5 Å². The maximum atomic E-state index is 12.4. The third kappa shape index (κ3) is 4.17. The Labute approximate surface area is 132 Å². The Hall–Kier alpha value is -1.68. The van der Waals surface area contributed by atoms with Gasteiger partial charge in [0.25, 0.3) is 0 Å². The van der Waals surface area contributed by atoms with E-state index in [4.69, 9.17) is 0 Å². The minimum atomic E-state index is -0.141. The molecule has 1 heterocycles. The summed E-state index contributed by atoms with van der Waals surface area (Å²) in [6.45, 7) is 9.93. The Morgan fingerprint density at radius 3 is 2.18 bits per heavy atom. The van der Waals surface area contributed by atoms with E-state index in [-0.39, 0.29) is 17.7 Å². The molecule has 0 bridgehead atoms. The molecule has 4 nitrogen and oxygen atoms in total. The third-order valence-electron chi connectivity index (χ3n) is 4.38. The number of likely N-dealkylation sites (tertiary alicyclic amines) is 1. The smallest absolute Gasteiger partial charge is 0.241 e. The molecule has 1 aliphatic rings. The summed E-state index contributed by atoms with van der Waals surface area (Å²) in [5, 5.41) is 2.94. The van der Waals surface area contributed by atoms with Crippen LogP contribution in [0.4, 0.5) is 5.69 Å². The van der Waals surface area contributed by atoms with E-state index in [1.807, 2.05) is 6.92 Å². The second kappa shape index (κ2) is 7.05. The Morgan fingerprint density at radius 1 is 1.14 bits per heavy atom. The summed E-state index contributed by atoms with van der Waals surface area (Å²) in [6, 6.07) is 6.91. The van der Waals surface area contributed by atoms with Crippen molar-refractivity contribution in [1.29, 1.82) is 0 Å². The predicted octanol–water partition coefficient (Wildman–Crippen LogP) is 3.19. The molecule has 22 heavy (non-hydrogen) atoms. The first-order chi connectivity index (χ1) is 10.4. The average molecular weight is 302 g/mol. The Balaban J connectivity index is 1.97. The van der Waals surface area contributed by atoms with Crippen molar-refractivity contribution < 1.29 is 9.59 Å². The number of hydrogen-bond donors (Lipinski definition) is 1. The van der Waals surface area contributed by atoms with Gasteiger partial charge < -0.3 is 5.32 Å². The van der Waals surface area contributed by atoms with Gasteiger partial charge in [-0.2, -0.15) is 0 Å². The summed E-state index contributed by atoms with van der Waals surface area (Å²) in [7, 11) is 0. The third-order valence-corrected chi connectivity index (χ3v) is 4.38. The largest absolute Gasteiger partial charge is 0.325 e. The van der Waals surface area contributed by atoms with E-state index in [0.717, 1.165) is 18.8 Å². The van der Waals surface area contributed by atoms with Gasteiger partial charge in [0.1, 0.15) is 0 Å². The lowest BCUT2D eigenvalue weighted by atomic mass is 9.91. The van der Waals surface area contributed by atoms with Gasteiger partial charge in [0.05, 0.1) is 6.04 Å². The number of ketones is 1. The quantitative estimate of drug-likeness (QED) is 0.869. The lowest BCUT2D eigenvalue weighted by Gasteiger charge is -2.38. The summed E-state index contributed by atoms with van der Waals surface area (Å²) in [5.41, 5.74) is 1.39. The highest BCUT2D eigenvalue weighted by Gasteiger charge is 2.28. The summed E-state index contributed by atoms with van der Waals surface area (Å²) in [6.07, 6.45) is 1.23. The van der Waals surface area contributed by atoms with Crippen molar-refractivity contribution in [2.24, 2.45) is 11.8 Å². The highest BCUT2D eigenvalue weighted by molar-refractivity contribution is 5.96. The monoisotopic (exact) mass is 302 g/mol. The van der Waals surface area contributed by atoms with Crippen molar-refractivity contribution >= 4 is 17.4 Å². The molecule has 1 fully saturated rings. The van der Waals surface area contributed by atoms with Gasteiger partial charge in [-0.15, -0.1) is 0 Å². The number of piperidine rings is 1. The van der Waals surface area contributed by atoms with E-state index in [1.54, 1.807) is 24.3 Å². The zero-order chi connectivity index (χ0) is 16.3. The number of carbonyl (C=O) groups is 2.